The normalized spacial score (nSPS) is 14.4. The van der Waals surface area contributed by atoms with Gasteiger partial charge in [-0.2, -0.15) is 0 Å². The van der Waals surface area contributed by atoms with Crippen LogP contribution in [0.15, 0.2) is 18.2 Å². The average Bonchev–Trinajstić information content (AvgIpc) is 2.26. The van der Waals surface area contributed by atoms with Crippen LogP contribution in [-0.4, -0.2) is 32.7 Å². The highest BCUT2D eigenvalue weighted by Crippen LogP contribution is 2.22. The van der Waals surface area contributed by atoms with Crippen molar-refractivity contribution in [2.75, 3.05) is 11.1 Å². The van der Waals surface area contributed by atoms with Gasteiger partial charge < -0.3 is 21.1 Å². The molecule has 0 saturated heterocycles. The Bertz CT molecular complexity index is 396. The molecule has 0 aliphatic rings. The lowest BCUT2D eigenvalue weighted by molar-refractivity contribution is 0.0342. The molecule has 6 heteroatoms. The summed E-state index contributed by atoms with van der Waals surface area (Å²) >= 11 is 3.02. The molecule has 0 spiro atoms. The Kier molecular flexibility index (Phi) is 4.28. The van der Waals surface area contributed by atoms with Gasteiger partial charge in [0.1, 0.15) is 6.10 Å². The first-order valence-corrected chi connectivity index (χ1v) is 5.63. The molecule has 0 amide bonds. The average molecular weight is 290 g/mol. The van der Waals surface area contributed by atoms with Crippen molar-refractivity contribution in [3.8, 4) is 0 Å². The molecule has 1 aromatic rings. The Morgan fingerprint density at radius 2 is 2.00 bits per heavy atom. The highest BCUT2D eigenvalue weighted by Gasteiger charge is 2.19. The molecule has 0 bridgehead atoms. The lowest BCUT2D eigenvalue weighted by Crippen LogP contribution is -2.20. The maximum absolute atomic E-state index is 10.8. The van der Waals surface area contributed by atoms with Crippen LogP contribution >= 0.6 is 15.9 Å². The lowest BCUT2D eigenvalue weighted by atomic mass is 10.0. The van der Waals surface area contributed by atoms with Crippen LogP contribution in [0.25, 0.3) is 0 Å². The molecule has 1 rings (SSSR count). The van der Waals surface area contributed by atoms with Gasteiger partial charge in [0.15, 0.2) is 0 Å². The molecule has 88 valence electrons. The van der Waals surface area contributed by atoms with Crippen LogP contribution in [0.4, 0.5) is 5.69 Å². The van der Waals surface area contributed by atoms with Crippen molar-refractivity contribution in [3.63, 3.8) is 0 Å². The maximum Gasteiger partial charge on any atom is 0.335 e. The number of rotatable bonds is 4. The Morgan fingerprint density at radius 1 is 1.38 bits per heavy atom. The molecule has 2 unspecified atom stereocenters. The van der Waals surface area contributed by atoms with Crippen LogP contribution in [0.1, 0.15) is 22.0 Å². The van der Waals surface area contributed by atoms with Gasteiger partial charge in [0.25, 0.3) is 0 Å². The van der Waals surface area contributed by atoms with Crippen molar-refractivity contribution in [2.24, 2.45) is 0 Å². The number of aliphatic hydroxyl groups excluding tert-OH is 2. The van der Waals surface area contributed by atoms with Gasteiger partial charge in [0, 0.05) is 11.0 Å². The third-order valence-electron chi connectivity index (χ3n) is 2.09. The Morgan fingerprint density at radius 3 is 2.50 bits per heavy atom. The Balaban J connectivity index is 3.09. The number of alkyl halides is 1. The molecule has 0 heterocycles. The van der Waals surface area contributed by atoms with Gasteiger partial charge >= 0.3 is 5.97 Å². The number of carbonyl (C=O) groups is 1. The molecule has 16 heavy (non-hydrogen) atoms. The molecule has 0 radical (unpaired) electrons. The Labute approximate surface area is 101 Å². The second kappa shape index (κ2) is 5.29. The van der Waals surface area contributed by atoms with Crippen molar-refractivity contribution in [1.29, 1.82) is 0 Å². The van der Waals surface area contributed by atoms with Gasteiger partial charge in [0.05, 0.1) is 11.7 Å². The zero-order chi connectivity index (χ0) is 12.3. The summed E-state index contributed by atoms with van der Waals surface area (Å²) in [7, 11) is 0. The standard InChI is InChI=1S/C10H12BrNO4/c11-4-8(13)9(14)5-1-6(10(15)16)3-7(12)2-5/h1-3,8-9,13-14H,4,12H2,(H,15,16). The lowest BCUT2D eigenvalue weighted by Gasteiger charge is -2.16. The van der Waals surface area contributed by atoms with E-state index in [1.54, 1.807) is 0 Å². The minimum Gasteiger partial charge on any atom is -0.478 e. The van der Waals surface area contributed by atoms with E-state index in [9.17, 15) is 15.0 Å². The first kappa shape index (κ1) is 13.0. The number of carboxylic acids is 1. The predicted octanol–water partition coefficient (Wildman–Crippen LogP) is 0.756. The van der Waals surface area contributed by atoms with Crippen molar-refractivity contribution in [1.82, 2.24) is 0 Å². The predicted molar refractivity (Wildman–Crippen MR) is 62.6 cm³/mol. The number of benzene rings is 1. The van der Waals surface area contributed by atoms with Crippen LogP contribution in [0.3, 0.4) is 0 Å². The van der Waals surface area contributed by atoms with Crippen LogP contribution < -0.4 is 5.73 Å². The molecular formula is C10H12BrNO4. The molecule has 0 fully saturated rings. The van der Waals surface area contributed by atoms with Crippen molar-refractivity contribution in [2.45, 2.75) is 12.2 Å². The molecule has 0 aliphatic carbocycles. The Hall–Kier alpha value is -1.11. The monoisotopic (exact) mass is 289 g/mol. The fraction of sp³-hybridized carbons (Fsp3) is 0.300. The second-order valence-corrected chi connectivity index (χ2v) is 4.01. The zero-order valence-electron chi connectivity index (χ0n) is 8.30. The summed E-state index contributed by atoms with van der Waals surface area (Å²) < 4.78 is 0. The topological polar surface area (TPSA) is 104 Å². The van der Waals surface area contributed by atoms with Gasteiger partial charge in [0.2, 0.25) is 0 Å². The van der Waals surface area contributed by atoms with Crippen molar-refractivity contribution < 1.29 is 20.1 Å². The summed E-state index contributed by atoms with van der Waals surface area (Å²) in [6.45, 7) is 0. The molecular weight excluding hydrogens is 278 g/mol. The molecule has 5 nitrogen and oxygen atoms in total. The van der Waals surface area contributed by atoms with Gasteiger partial charge in [-0.25, -0.2) is 4.79 Å². The quantitative estimate of drug-likeness (QED) is 0.484. The van der Waals surface area contributed by atoms with Crippen LogP contribution in [0.2, 0.25) is 0 Å². The molecule has 1 aromatic carbocycles. The summed E-state index contributed by atoms with van der Waals surface area (Å²) in [6, 6.07) is 4.01. The highest BCUT2D eigenvalue weighted by atomic mass is 79.9. The number of carboxylic acid groups (broad SMARTS) is 1. The fourth-order valence-electron chi connectivity index (χ4n) is 1.28. The van der Waals surface area contributed by atoms with Gasteiger partial charge in [-0.3, -0.25) is 0 Å². The van der Waals surface area contributed by atoms with Crippen molar-refractivity contribution >= 4 is 27.6 Å². The number of aliphatic hydroxyl groups is 2. The van der Waals surface area contributed by atoms with E-state index in [1.165, 1.54) is 18.2 Å². The van der Waals surface area contributed by atoms with E-state index in [-0.39, 0.29) is 22.1 Å². The second-order valence-electron chi connectivity index (χ2n) is 3.36. The number of anilines is 1. The summed E-state index contributed by atoms with van der Waals surface area (Å²) in [5.41, 5.74) is 6.01. The maximum atomic E-state index is 10.8. The molecule has 0 aliphatic heterocycles. The summed E-state index contributed by atoms with van der Waals surface area (Å²) in [6.07, 6.45) is -2.18. The third-order valence-corrected chi connectivity index (χ3v) is 2.75. The molecule has 5 N–H and O–H groups in total. The summed E-state index contributed by atoms with van der Waals surface area (Å²) in [5, 5.41) is 28.1. The summed E-state index contributed by atoms with van der Waals surface area (Å²) in [4.78, 5) is 10.8. The largest absolute Gasteiger partial charge is 0.478 e. The number of hydrogen-bond acceptors (Lipinski definition) is 4. The SMILES string of the molecule is Nc1cc(C(=O)O)cc(C(O)C(O)CBr)c1. The molecule has 0 saturated carbocycles. The van der Waals surface area contributed by atoms with Gasteiger partial charge in [-0.15, -0.1) is 0 Å². The van der Waals surface area contributed by atoms with E-state index in [2.05, 4.69) is 15.9 Å². The van der Waals surface area contributed by atoms with Crippen LogP contribution in [0, 0.1) is 0 Å². The minimum absolute atomic E-state index is 0.0178. The molecule has 0 aromatic heterocycles. The number of nitrogen functional groups attached to an aromatic ring is 1. The highest BCUT2D eigenvalue weighted by molar-refractivity contribution is 9.09. The number of hydrogen-bond donors (Lipinski definition) is 4. The van der Waals surface area contributed by atoms with E-state index in [0.717, 1.165) is 0 Å². The van der Waals surface area contributed by atoms with Crippen molar-refractivity contribution in [3.05, 3.63) is 29.3 Å². The number of halogens is 1. The van der Waals surface area contributed by atoms with Crippen LogP contribution in [-0.2, 0) is 0 Å². The van der Waals surface area contributed by atoms with Gasteiger partial charge in [-0.1, -0.05) is 15.9 Å². The summed E-state index contributed by atoms with van der Waals surface area (Å²) in [5.74, 6) is -1.13. The number of aromatic carboxylic acids is 1. The first-order chi connectivity index (χ1) is 7.45. The first-order valence-electron chi connectivity index (χ1n) is 4.51. The number of nitrogens with two attached hydrogens (primary N) is 1. The van der Waals surface area contributed by atoms with E-state index in [0.29, 0.717) is 0 Å². The minimum atomic E-state index is -1.17. The van der Waals surface area contributed by atoms with E-state index < -0.39 is 18.2 Å². The smallest absolute Gasteiger partial charge is 0.335 e. The van der Waals surface area contributed by atoms with Crippen LogP contribution in [0.5, 0.6) is 0 Å². The van der Waals surface area contributed by atoms with Gasteiger partial charge in [-0.05, 0) is 23.8 Å². The zero-order valence-corrected chi connectivity index (χ0v) is 9.89. The van der Waals surface area contributed by atoms with E-state index in [4.69, 9.17) is 10.8 Å². The third kappa shape index (κ3) is 2.94. The fourth-order valence-corrected chi connectivity index (χ4v) is 1.63. The van der Waals surface area contributed by atoms with E-state index >= 15 is 0 Å². The molecule has 2 atom stereocenters. The van der Waals surface area contributed by atoms with E-state index in [1.807, 2.05) is 0 Å².